The van der Waals surface area contributed by atoms with Crippen molar-refractivity contribution in [1.29, 1.82) is 0 Å². The van der Waals surface area contributed by atoms with Crippen LogP contribution in [0, 0.1) is 17.6 Å². The minimum atomic E-state index is -1.75. The molecule has 1 atom stereocenters. The molecule has 7 rings (SSSR count). The molecule has 0 spiro atoms. The van der Waals surface area contributed by atoms with Crippen molar-refractivity contribution in [1.82, 2.24) is 24.0 Å². The van der Waals surface area contributed by atoms with E-state index in [0.29, 0.717) is 38.9 Å². The maximum absolute atomic E-state index is 15.3. The molecule has 0 bridgehead atoms. The lowest BCUT2D eigenvalue weighted by atomic mass is 10.0. The Hall–Kier alpha value is -4.71. The van der Waals surface area contributed by atoms with E-state index in [1.165, 1.54) is 21.4 Å². The standard InChI is InChI=1S/C31H30ClF3N8O6/c1-14-8-40(15-11-49-12-15)2-3-42(14)20-7-19(24(32)28(35)38-20)37-22(44)10-41-9-18(16-6-17(29(36)46)27(45)26(34)25(16)33)23-30(41)39-21-13-48-5-4-43(21)31(23)47/h6-7,9,14-15,45H,2-5,8,10-13H2,1H3,(H2,36,46)(H,37,38,44)/t14-/m0/s1. The number of fused-ring (bicyclic) bond motifs is 2. The molecule has 0 unspecified atom stereocenters. The van der Waals surface area contributed by atoms with Crippen LogP contribution in [0.5, 0.6) is 5.75 Å². The van der Waals surface area contributed by atoms with Crippen LogP contribution in [-0.4, -0.2) is 92.5 Å². The number of carbonyl (C=O) groups is 2. The lowest BCUT2D eigenvalue weighted by Gasteiger charge is -2.46. The first-order valence-electron chi connectivity index (χ1n) is 15.4. The van der Waals surface area contributed by atoms with Crippen LogP contribution in [0.3, 0.4) is 0 Å². The number of phenols is 1. The van der Waals surface area contributed by atoms with Gasteiger partial charge in [0.25, 0.3) is 11.5 Å². The van der Waals surface area contributed by atoms with Crippen molar-refractivity contribution in [2.75, 3.05) is 49.7 Å². The summed E-state index contributed by atoms with van der Waals surface area (Å²) < 4.78 is 58.4. The smallest absolute Gasteiger partial charge is 0.263 e. The van der Waals surface area contributed by atoms with Crippen molar-refractivity contribution in [2.45, 2.75) is 38.7 Å². The fraction of sp³-hybridized carbons (Fsp3) is 0.387. The second-order valence-corrected chi connectivity index (χ2v) is 12.5. The number of nitrogens with one attached hydrogen (secondary N) is 1. The summed E-state index contributed by atoms with van der Waals surface area (Å²) >= 11 is 6.24. The molecule has 14 nitrogen and oxygen atoms in total. The highest BCUT2D eigenvalue weighted by Crippen LogP contribution is 2.36. The van der Waals surface area contributed by atoms with Crippen molar-refractivity contribution in [3.63, 3.8) is 0 Å². The Balaban J connectivity index is 1.24. The number of carbonyl (C=O) groups excluding carboxylic acids is 2. The van der Waals surface area contributed by atoms with Gasteiger partial charge in [-0.15, -0.1) is 0 Å². The number of nitrogens with zero attached hydrogens (tertiary/aromatic N) is 6. The molecule has 2 saturated heterocycles. The minimum Gasteiger partial charge on any atom is -0.504 e. The van der Waals surface area contributed by atoms with E-state index in [0.717, 1.165) is 6.07 Å². The van der Waals surface area contributed by atoms with Gasteiger partial charge in [-0.2, -0.15) is 8.78 Å². The van der Waals surface area contributed by atoms with Crippen molar-refractivity contribution in [3.05, 3.63) is 62.7 Å². The Kier molecular flexibility index (Phi) is 8.46. The predicted octanol–water partition coefficient (Wildman–Crippen LogP) is 2.21. The van der Waals surface area contributed by atoms with E-state index < -0.39 is 63.4 Å². The second-order valence-electron chi connectivity index (χ2n) is 12.1. The molecule has 258 valence electrons. The summed E-state index contributed by atoms with van der Waals surface area (Å²) in [6.07, 6.45) is 1.19. The van der Waals surface area contributed by atoms with E-state index in [-0.39, 0.29) is 59.7 Å². The quantitative estimate of drug-likeness (QED) is 0.243. The van der Waals surface area contributed by atoms with Crippen LogP contribution in [0.4, 0.5) is 24.7 Å². The minimum absolute atomic E-state index is 0.0261. The number of piperazine rings is 1. The topological polar surface area (TPSA) is 170 Å². The van der Waals surface area contributed by atoms with Crippen LogP contribution in [0.1, 0.15) is 23.1 Å². The molecule has 3 aromatic heterocycles. The molecule has 0 aliphatic carbocycles. The first-order valence-corrected chi connectivity index (χ1v) is 15.8. The van der Waals surface area contributed by atoms with Gasteiger partial charge >= 0.3 is 0 Å². The Bertz CT molecular complexity index is 2090. The number of aromatic nitrogens is 4. The highest BCUT2D eigenvalue weighted by molar-refractivity contribution is 6.33. The molecular formula is C31H30ClF3N8O6. The van der Waals surface area contributed by atoms with E-state index in [1.807, 2.05) is 11.8 Å². The maximum Gasteiger partial charge on any atom is 0.263 e. The lowest BCUT2D eigenvalue weighted by molar-refractivity contribution is -0.116. The number of pyridine rings is 1. The third-order valence-corrected chi connectivity index (χ3v) is 9.42. The fourth-order valence-corrected chi connectivity index (χ4v) is 6.60. The van der Waals surface area contributed by atoms with Gasteiger partial charge in [0.15, 0.2) is 11.6 Å². The predicted molar refractivity (Wildman–Crippen MR) is 170 cm³/mol. The zero-order valence-electron chi connectivity index (χ0n) is 26.0. The zero-order valence-corrected chi connectivity index (χ0v) is 26.8. The van der Waals surface area contributed by atoms with Crippen molar-refractivity contribution < 1.29 is 37.3 Å². The molecule has 0 saturated carbocycles. The number of hydrogen-bond acceptors (Lipinski definition) is 10. The average Bonchev–Trinajstić information content (AvgIpc) is 3.39. The van der Waals surface area contributed by atoms with Crippen LogP contribution >= 0.6 is 11.6 Å². The number of aromatic hydroxyl groups is 1. The van der Waals surface area contributed by atoms with Gasteiger partial charge in [0.1, 0.15) is 35.5 Å². The summed E-state index contributed by atoms with van der Waals surface area (Å²) in [6, 6.07) is 2.61. The maximum atomic E-state index is 15.3. The van der Waals surface area contributed by atoms with E-state index in [2.05, 4.69) is 20.2 Å². The molecule has 49 heavy (non-hydrogen) atoms. The van der Waals surface area contributed by atoms with E-state index in [4.69, 9.17) is 26.8 Å². The summed E-state index contributed by atoms with van der Waals surface area (Å²) in [5, 5.41) is 12.0. The van der Waals surface area contributed by atoms with Gasteiger partial charge in [-0.1, -0.05) is 11.6 Å². The summed E-state index contributed by atoms with van der Waals surface area (Å²) in [5.41, 5.74) is 3.03. The van der Waals surface area contributed by atoms with Crippen molar-refractivity contribution >= 4 is 46.0 Å². The number of primary amides is 1. The van der Waals surface area contributed by atoms with Crippen molar-refractivity contribution in [3.8, 4) is 16.9 Å². The van der Waals surface area contributed by atoms with Crippen LogP contribution in [0.2, 0.25) is 5.02 Å². The summed E-state index contributed by atoms with van der Waals surface area (Å²) in [5.74, 6) is -7.03. The Labute approximate surface area is 280 Å². The molecular weight excluding hydrogens is 673 g/mol. The SMILES string of the molecule is C[C@H]1CN(C2COC2)CCN1c1cc(NC(=O)Cn2cc(-c3cc(C(N)=O)c(O)c(F)c3F)c3c(=O)n4c(nc32)COCC4)c(Cl)c(F)n1. The number of halogens is 4. The number of hydrogen-bond donors (Lipinski definition) is 3. The summed E-state index contributed by atoms with van der Waals surface area (Å²) in [6.45, 7) is 5.06. The molecule has 3 aliphatic heterocycles. The third-order valence-electron chi connectivity index (χ3n) is 9.06. The van der Waals surface area contributed by atoms with Crippen LogP contribution in [-0.2, 0) is 34.0 Å². The van der Waals surface area contributed by atoms with Gasteiger partial charge in [-0.3, -0.25) is 23.9 Å². The lowest BCUT2D eigenvalue weighted by Crippen LogP contribution is -2.59. The van der Waals surface area contributed by atoms with Gasteiger partial charge in [0.05, 0.1) is 49.0 Å². The number of nitrogens with two attached hydrogens (primary N) is 1. The van der Waals surface area contributed by atoms with Gasteiger partial charge in [0.2, 0.25) is 17.7 Å². The summed E-state index contributed by atoms with van der Waals surface area (Å²) in [4.78, 5) is 51.9. The van der Waals surface area contributed by atoms with E-state index in [9.17, 15) is 23.9 Å². The Morgan fingerprint density at radius 3 is 2.57 bits per heavy atom. The van der Waals surface area contributed by atoms with Crippen LogP contribution in [0.15, 0.2) is 23.1 Å². The molecule has 2 amide bonds. The second kappa shape index (κ2) is 12.6. The highest BCUT2D eigenvalue weighted by atomic mass is 35.5. The first-order chi connectivity index (χ1) is 23.4. The van der Waals surface area contributed by atoms with Crippen LogP contribution in [0.25, 0.3) is 22.2 Å². The normalized spacial score (nSPS) is 18.4. The molecule has 1 aromatic carbocycles. The van der Waals surface area contributed by atoms with E-state index >= 15 is 8.78 Å². The molecule has 6 heterocycles. The number of rotatable bonds is 7. The van der Waals surface area contributed by atoms with Gasteiger partial charge in [-0.25, -0.2) is 14.4 Å². The van der Waals surface area contributed by atoms with Gasteiger partial charge < -0.3 is 35.1 Å². The van der Waals surface area contributed by atoms with Gasteiger partial charge in [-0.05, 0) is 13.0 Å². The third kappa shape index (κ3) is 5.75. The Morgan fingerprint density at radius 2 is 1.88 bits per heavy atom. The van der Waals surface area contributed by atoms with Crippen molar-refractivity contribution in [2.24, 2.45) is 5.73 Å². The van der Waals surface area contributed by atoms with Crippen LogP contribution < -0.4 is 21.5 Å². The Morgan fingerprint density at radius 1 is 1.10 bits per heavy atom. The number of benzene rings is 1. The number of ether oxygens (including phenoxy) is 2. The van der Waals surface area contributed by atoms with E-state index in [1.54, 1.807) is 0 Å². The molecule has 3 aliphatic rings. The largest absolute Gasteiger partial charge is 0.504 e. The molecule has 4 aromatic rings. The number of amides is 2. The zero-order chi connectivity index (χ0) is 34.7. The number of anilines is 2. The monoisotopic (exact) mass is 702 g/mol. The molecule has 2 fully saturated rings. The highest BCUT2D eigenvalue weighted by Gasteiger charge is 2.33. The molecule has 4 N–H and O–H groups in total. The van der Waals surface area contributed by atoms with Gasteiger partial charge in [0, 0.05) is 49.1 Å². The average molecular weight is 703 g/mol. The fourth-order valence-electron chi connectivity index (χ4n) is 6.46. The first kappa shape index (κ1) is 32.8. The molecule has 0 radical (unpaired) electrons. The molecule has 18 heteroatoms. The summed E-state index contributed by atoms with van der Waals surface area (Å²) in [7, 11) is 0.